The van der Waals surface area contributed by atoms with E-state index < -0.39 is 4.92 Å². The second-order valence-electron chi connectivity index (χ2n) is 8.47. The van der Waals surface area contributed by atoms with Crippen LogP contribution >= 0.6 is 0 Å². The molecule has 0 spiro atoms. The number of anilines is 2. The highest BCUT2D eigenvalue weighted by molar-refractivity contribution is 5.70. The molecule has 0 bridgehead atoms. The van der Waals surface area contributed by atoms with Gasteiger partial charge in [0.2, 0.25) is 0 Å². The third-order valence-corrected chi connectivity index (χ3v) is 6.53. The minimum Gasteiger partial charge on any atom is -0.455 e. The van der Waals surface area contributed by atoms with Crippen molar-refractivity contribution in [3.63, 3.8) is 0 Å². The number of ether oxygens (including phenoxy) is 1. The van der Waals surface area contributed by atoms with Crippen LogP contribution in [0.25, 0.3) is 0 Å². The van der Waals surface area contributed by atoms with Crippen molar-refractivity contribution in [1.82, 2.24) is 0 Å². The van der Waals surface area contributed by atoms with E-state index in [1.165, 1.54) is 34.6 Å². The predicted octanol–water partition coefficient (Wildman–Crippen LogP) is 6.57. The third kappa shape index (κ3) is 4.19. The predicted molar refractivity (Wildman–Crippen MR) is 133 cm³/mol. The van der Waals surface area contributed by atoms with E-state index in [-0.39, 0.29) is 5.69 Å². The average Bonchev–Trinajstić information content (AvgIpc) is 3.45. The molecule has 3 aromatic rings. The van der Waals surface area contributed by atoms with Crippen molar-refractivity contribution in [2.24, 2.45) is 10.2 Å². The summed E-state index contributed by atoms with van der Waals surface area (Å²) in [6.45, 7) is 8.22. The number of nitro groups is 1. The van der Waals surface area contributed by atoms with Crippen molar-refractivity contribution < 1.29 is 9.66 Å². The number of fused-ring (bicyclic) bond motifs is 2. The highest BCUT2D eigenvalue weighted by atomic mass is 16.6. The molecule has 0 radical (unpaired) electrons. The van der Waals surface area contributed by atoms with E-state index >= 15 is 0 Å². The van der Waals surface area contributed by atoms with Crippen LogP contribution in [0, 0.1) is 10.1 Å². The molecular weight excluding hydrogens is 430 g/mol. The Morgan fingerprint density at radius 3 is 2.24 bits per heavy atom. The maximum atomic E-state index is 10.9. The third-order valence-electron chi connectivity index (χ3n) is 6.53. The summed E-state index contributed by atoms with van der Waals surface area (Å²) in [5, 5.41) is 19.7. The zero-order chi connectivity index (χ0) is 23.7. The van der Waals surface area contributed by atoms with Crippen LogP contribution in [-0.2, 0) is 12.8 Å². The van der Waals surface area contributed by atoms with Gasteiger partial charge in [-0.2, -0.15) is 5.11 Å². The molecule has 0 amide bonds. The Balaban J connectivity index is 1.49. The summed E-state index contributed by atoms with van der Waals surface area (Å²) in [7, 11) is 0. The Hall–Kier alpha value is -3.94. The minimum absolute atomic E-state index is 0.0258. The van der Waals surface area contributed by atoms with Crippen LogP contribution in [0.1, 0.15) is 25.0 Å². The second kappa shape index (κ2) is 9.13. The first-order valence-electron chi connectivity index (χ1n) is 11.7. The molecule has 0 saturated heterocycles. The minimum atomic E-state index is -0.427. The van der Waals surface area contributed by atoms with Crippen molar-refractivity contribution in [2.75, 3.05) is 36.0 Å². The molecule has 2 aliphatic heterocycles. The zero-order valence-electron chi connectivity index (χ0n) is 19.4. The van der Waals surface area contributed by atoms with E-state index in [2.05, 4.69) is 52.1 Å². The highest BCUT2D eigenvalue weighted by Gasteiger charge is 2.23. The molecule has 0 N–H and O–H groups in total. The molecule has 0 fully saturated rings. The number of non-ortho nitro benzene ring substituents is 1. The van der Waals surface area contributed by atoms with Crippen LogP contribution < -0.4 is 14.5 Å². The van der Waals surface area contributed by atoms with Crippen LogP contribution in [0.4, 0.5) is 28.4 Å². The van der Waals surface area contributed by atoms with Crippen LogP contribution in [-0.4, -0.2) is 31.1 Å². The molecule has 8 heteroatoms. The Bertz CT molecular complexity index is 1260. The van der Waals surface area contributed by atoms with Gasteiger partial charge in [-0.05, 0) is 62.1 Å². The first-order valence-corrected chi connectivity index (χ1v) is 11.7. The summed E-state index contributed by atoms with van der Waals surface area (Å²) in [5.41, 5.74) is 6.18. The molecule has 34 heavy (non-hydrogen) atoms. The highest BCUT2D eigenvalue weighted by Crippen LogP contribution is 2.42. The zero-order valence-corrected chi connectivity index (χ0v) is 19.4. The standard InChI is InChI=1S/C26H27N5O3/c1-3-29-13-11-18-5-10-22(16-24(18)29)34-26-17-25-19(12-14-30(25)4-2)15-23(26)28-27-20-6-8-21(9-7-20)31(32)33/h5-10,15-17H,3-4,11-14H2,1-2H3/b28-27+. The van der Waals surface area contributed by atoms with E-state index in [0.717, 1.165) is 44.8 Å². The van der Waals surface area contributed by atoms with Crippen LogP contribution in [0.3, 0.4) is 0 Å². The summed E-state index contributed by atoms with van der Waals surface area (Å²) in [6.07, 6.45) is 2.01. The molecule has 2 aliphatic rings. The largest absolute Gasteiger partial charge is 0.455 e. The van der Waals surface area contributed by atoms with Crippen molar-refractivity contribution in [3.05, 3.63) is 75.8 Å². The Kier molecular flexibility index (Phi) is 5.88. The van der Waals surface area contributed by atoms with E-state index in [1.54, 1.807) is 12.1 Å². The van der Waals surface area contributed by atoms with Gasteiger partial charge in [0.1, 0.15) is 11.4 Å². The average molecular weight is 458 g/mol. The number of rotatable bonds is 7. The van der Waals surface area contributed by atoms with Gasteiger partial charge in [0.15, 0.2) is 5.75 Å². The fraction of sp³-hybridized carbons (Fsp3) is 0.308. The molecule has 8 nitrogen and oxygen atoms in total. The Morgan fingerprint density at radius 2 is 1.56 bits per heavy atom. The van der Waals surface area contributed by atoms with Crippen molar-refractivity contribution in [1.29, 1.82) is 0 Å². The van der Waals surface area contributed by atoms with Gasteiger partial charge in [0.05, 0.1) is 10.6 Å². The topological polar surface area (TPSA) is 83.6 Å². The van der Waals surface area contributed by atoms with E-state index in [1.807, 2.05) is 12.1 Å². The lowest BCUT2D eigenvalue weighted by Crippen LogP contribution is -2.19. The molecule has 3 aromatic carbocycles. The molecule has 0 aliphatic carbocycles. The number of hydrogen-bond acceptors (Lipinski definition) is 7. The van der Waals surface area contributed by atoms with E-state index in [4.69, 9.17) is 4.74 Å². The lowest BCUT2D eigenvalue weighted by Gasteiger charge is -2.19. The SMILES string of the molecule is CCN1CCc2ccc(Oc3cc4c(cc3/N=N/c3ccc([N+](=O)[O-])cc3)CCN4CC)cc21. The number of azo groups is 1. The fourth-order valence-corrected chi connectivity index (χ4v) is 4.66. The second-order valence-corrected chi connectivity index (χ2v) is 8.47. The van der Waals surface area contributed by atoms with Crippen LogP contribution in [0.15, 0.2) is 64.8 Å². The van der Waals surface area contributed by atoms with Gasteiger partial charge in [-0.3, -0.25) is 10.1 Å². The smallest absolute Gasteiger partial charge is 0.269 e. The maximum absolute atomic E-state index is 10.9. The lowest BCUT2D eigenvalue weighted by atomic mass is 10.1. The van der Waals surface area contributed by atoms with Gasteiger partial charge in [-0.1, -0.05) is 6.07 Å². The Labute approximate surface area is 198 Å². The Morgan fingerprint density at radius 1 is 0.882 bits per heavy atom. The monoisotopic (exact) mass is 457 g/mol. The van der Waals surface area contributed by atoms with Gasteiger partial charge in [0, 0.05) is 61.8 Å². The van der Waals surface area contributed by atoms with Crippen LogP contribution in [0.2, 0.25) is 0 Å². The number of likely N-dealkylation sites (N-methyl/N-ethyl adjacent to an activating group) is 2. The molecule has 0 aromatic heterocycles. The first-order chi connectivity index (χ1) is 16.6. The summed E-state index contributed by atoms with van der Waals surface area (Å²) in [5.74, 6) is 1.41. The van der Waals surface area contributed by atoms with Gasteiger partial charge < -0.3 is 14.5 Å². The van der Waals surface area contributed by atoms with E-state index in [0.29, 0.717) is 17.1 Å². The first kappa shape index (κ1) is 21.9. The van der Waals surface area contributed by atoms with Gasteiger partial charge >= 0.3 is 0 Å². The van der Waals surface area contributed by atoms with Gasteiger partial charge in [0.25, 0.3) is 5.69 Å². The quantitative estimate of drug-likeness (QED) is 0.228. The number of nitro benzene ring substituents is 1. The number of benzene rings is 3. The molecule has 174 valence electrons. The van der Waals surface area contributed by atoms with Crippen molar-refractivity contribution in [2.45, 2.75) is 26.7 Å². The molecule has 0 saturated carbocycles. The van der Waals surface area contributed by atoms with Crippen LogP contribution in [0.5, 0.6) is 11.5 Å². The normalized spacial score (nSPS) is 14.5. The molecule has 0 unspecified atom stereocenters. The summed E-state index contributed by atoms with van der Waals surface area (Å²) >= 11 is 0. The molecule has 0 atom stereocenters. The summed E-state index contributed by atoms with van der Waals surface area (Å²) < 4.78 is 6.39. The lowest BCUT2D eigenvalue weighted by molar-refractivity contribution is -0.384. The molecular formula is C26H27N5O3. The van der Waals surface area contributed by atoms with E-state index in [9.17, 15) is 10.1 Å². The van der Waals surface area contributed by atoms with Crippen molar-refractivity contribution >= 4 is 28.4 Å². The number of nitrogens with zero attached hydrogens (tertiary/aromatic N) is 5. The summed E-state index contributed by atoms with van der Waals surface area (Å²) in [4.78, 5) is 15.2. The van der Waals surface area contributed by atoms with Crippen molar-refractivity contribution in [3.8, 4) is 11.5 Å². The fourth-order valence-electron chi connectivity index (χ4n) is 4.66. The molecule has 5 rings (SSSR count). The van der Waals surface area contributed by atoms with Gasteiger partial charge in [-0.15, -0.1) is 5.11 Å². The molecule has 2 heterocycles. The summed E-state index contributed by atoms with van der Waals surface area (Å²) in [6, 6.07) is 16.4. The number of hydrogen-bond donors (Lipinski definition) is 0. The van der Waals surface area contributed by atoms with Gasteiger partial charge in [-0.25, -0.2) is 0 Å². The maximum Gasteiger partial charge on any atom is 0.269 e.